The SMILES string of the molecule is CC(C)c1cccc(C(C)C)c1NC(=O)C[n+]1cccc(O)c1. The van der Waals surface area contributed by atoms with E-state index in [4.69, 9.17) is 0 Å². The molecular formula is C19H25N2O2+. The third-order valence-corrected chi connectivity index (χ3v) is 3.81. The van der Waals surface area contributed by atoms with Gasteiger partial charge in [0.1, 0.15) is 0 Å². The number of hydrogen-bond donors (Lipinski definition) is 2. The fourth-order valence-electron chi connectivity index (χ4n) is 2.65. The number of carbonyl (C=O) groups excluding carboxylic acids is 1. The van der Waals surface area contributed by atoms with Gasteiger partial charge in [-0.15, -0.1) is 0 Å². The van der Waals surface area contributed by atoms with E-state index in [1.54, 1.807) is 22.9 Å². The van der Waals surface area contributed by atoms with Crippen molar-refractivity contribution in [3.8, 4) is 5.75 Å². The molecule has 4 heteroatoms. The molecule has 1 amide bonds. The van der Waals surface area contributed by atoms with E-state index in [9.17, 15) is 9.90 Å². The summed E-state index contributed by atoms with van der Waals surface area (Å²) in [6, 6.07) is 9.47. The van der Waals surface area contributed by atoms with Crippen LogP contribution < -0.4 is 9.88 Å². The van der Waals surface area contributed by atoms with E-state index >= 15 is 0 Å². The lowest BCUT2D eigenvalue weighted by molar-refractivity contribution is -0.684. The summed E-state index contributed by atoms with van der Waals surface area (Å²) in [6.07, 6.45) is 3.30. The minimum absolute atomic E-state index is 0.101. The fraction of sp³-hybridized carbons (Fsp3) is 0.368. The Bertz CT molecular complexity index is 667. The van der Waals surface area contributed by atoms with Gasteiger partial charge in [-0.05, 0) is 29.0 Å². The molecule has 1 heterocycles. The lowest BCUT2D eigenvalue weighted by Crippen LogP contribution is -2.39. The Morgan fingerprint density at radius 2 is 1.70 bits per heavy atom. The Kier molecular flexibility index (Phi) is 5.37. The number of pyridine rings is 1. The summed E-state index contributed by atoms with van der Waals surface area (Å²) in [5.41, 5.74) is 3.21. The molecule has 0 fully saturated rings. The Morgan fingerprint density at radius 3 is 2.22 bits per heavy atom. The molecular weight excluding hydrogens is 288 g/mol. The van der Waals surface area contributed by atoms with Gasteiger partial charge in [0, 0.05) is 11.8 Å². The van der Waals surface area contributed by atoms with Crippen LogP contribution in [-0.2, 0) is 11.3 Å². The number of rotatable bonds is 5. The molecule has 0 aliphatic heterocycles. The largest absolute Gasteiger partial charge is 0.503 e. The topological polar surface area (TPSA) is 53.2 Å². The third-order valence-electron chi connectivity index (χ3n) is 3.81. The van der Waals surface area contributed by atoms with Crippen LogP contribution in [0.3, 0.4) is 0 Å². The first kappa shape index (κ1) is 17.0. The maximum absolute atomic E-state index is 12.4. The molecule has 23 heavy (non-hydrogen) atoms. The van der Waals surface area contributed by atoms with Gasteiger partial charge in [0.2, 0.25) is 12.7 Å². The molecule has 0 aliphatic carbocycles. The molecule has 0 aliphatic rings. The molecule has 2 aromatic rings. The van der Waals surface area contributed by atoms with E-state index in [1.807, 2.05) is 6.07 Å². The zero-order valence-electron chi connectivity index (χ0n) is 14.2. The average molecular weight is 313 g/mol. The zero-order chi connectivity index (χ0) is 17.0. The van der Waals surface area contributed by atoms with Gasteiger partial charge in [0.05, 0.1) is 0 Å². The maximum atomic E-state index is 12.4. The highest BCUT2D eigenvalue weighted by atomic mass is 16.3. The van der Waals surface area contributed by atoms with Crippen LogP contribution in [0.25, 0.3) is 0 Å². The first-order valence-corrected chi connectivity index (χ1v) is 7.99. The number of aromatic hydroxyl groups is 1. The highest BCUT2D eigenvalue weighted by molar-refractivity contribution is 5.91. The first-order valence-electron chi connectivity index (χ1n) is 7.99. The number of para-hydroxylation sites is 1. The zero-order valence-corrected chi connectivity index (χ0v) is 14.2. The van der Waals surface area contributed by atoms with Gasteiger partial charge in [-0.2, -0.15) is 4.57 Å². The van der Waals surface area contributed by atoms with Gasteiger partial charge in [-0.3, -0.25) is 4.79 Å². The van der Waals surface area contributed by atoms with Crippen LogP contribution in [0.4, 0.5) is 5.69 Å². The van der Waals surface area contributed by atoms with Crippen LogP contribution in [0.15, 0.2) is 42.7 Å². The van der Waals surface area contributed by atoms with Crippen LogP contribution in [0.1, 0.15) is 50.7 Å². The quantitative estimate of drug-likeness (QED) is 0.829. The highest BCUT2D eigenvalue weighted by Crippen LogP contribution is 2.32. The molecule has 0 saturated carbocycles. The average Bonchev–Trinajstić information content (AvgIpc) is 2.46. The normalized spacial score (nSPS) is 11.0. The molecule has 0 unspecified atom stereocenters. The van der Waals surface area contributed by atoms with E-state index in [0.29, 0.717) is 11.8 Å². The summed E-state index contributed by atoms with van der Waals surface area (Å²) in [5.74, 6) is 0.705. The van der Waals surface area contributed by atoms with E-state index in [-0.39, 0.29) is 18.2 Å². The predicted octanol–water partition coefficient (Wildman–Crippen LogP) is 3.57. The van der Waals surface area contributed by atoms with E-state index < -0.39 is 0 Å². The number of anilines is 1. The number of hydrogen-bond acceptors (Lipinski definition) is 2. The summed E-state index contributed by atoms with van der Waals surface area (Å²) >= 11 is 0. The Morgan fingerprint density at radius 1 is 1.09 bits per heavy atom. The Balaban J connectivity index is 2.26. The van der Waals surface area contributed by atoms with Crippen molar-refractivity contribution in [2.24, 2.45) is 0 Å². The smallest absolute Gasteiger partial charge is 0.290 e. The van der Waals surface area contributed by atoms with Crippen molar-refractivity contribution in [2.75, 3.05) is 5.32 Å². The summed E-state index contributed by atoms with van der Waals surface area (Å²) < 4.78 is 1.66. The fourth-order valence-corrected chi connectivity index (χ4v) is 2.65. The summed E-state index contributed by atoms with van der Waals surface area (Å²) in [6.45, 7) is 8.66. The van der Waals surface area contributed by atoms with E-state index in [2.05, 4.69) is 45.1 Å². The van der Waals surface area contributed by atoms with Crippen molar-refractivity contribution >= 4 is 11.6 Å². The van der Waals surface area contributed by atoms with Gasteiger partial charge in [-0.25, -0.2) is 0 Å². The number of amides is 1. The Labute approximate surface area is 137 Å². The van der Waals surface area contributed by atoms with Gasteiger partial charge in [-0.1, -0.05) is 45.9 Å². The molecule has 0 atom stereocenters. The van der Waals surface area contributed by atoms with Crippen molar-refractivity contribution in [1.29, 1.82) is 0 Å². The second-order valence-electron chi connectivity index (χ2n) is 6.40. The molecule has 0 radical (unpaired) electrons. The van der Waals surface area contributed by atoms with Gasteiger partial charge in [0.25, 0.3) is 5.91 Å². The minimum atomic E-state index is -0.101. The molecule has 0 bridgehead atoms. The van der Waals surface area contributed by atoms with Crippen LogP contribution in [0.2, 0.25) is 0 Å². The molecule has 1 aromatic heterocycles. The molecule has 0 saturated heterocycles. The van der Waals surface area contributed by atoms with Crippen LogP contribution in [0, 0.1) is 0 Å². The van der Waals surface area contributed by atoms with Crippen molar-refractivity contribution in [3.05, 3.63) is 53.9 Å². The van der Waals surface area contributed by atoms with Crippen molar-refractivity contribution in [3.63, 3.8) is 0 Å². The second-order valence-corrected chi connectivity index (χ2v) is 6.40. The highest BCUT2D eigenvalue weighted by Gasteiger charge is 2.18. The number of benzene rings is 1. The minimum Gasteiger partial charge on any atom is -0.503 e. The van der Waals surface area contributed by atoms with E-state index in [1.165, 1.54) is 6.20 Å². The van der Waals surface area contributed by atoms with Gasteiger partial charge < -0.3 is 10.4 Å². The summed E-state index contributed by atoms with van der Waals surface area (Å²) in [4.78, 5) is 12.4. The molecule has 122 valence electrons. The summed E-state index contributed by atoms with van der Waals surface area (Å²) in [5, 5.41) is 12.6. The first-order chi connectivity index (χ1) is 10.9. The lowest BCUT2D eigenvalue weighted by Gasteiger charge is -2.19. The number of nitrogens with zero attached hydrogens (tertiary/aromatic N) is 1. The van der Waals surface area contributed by atoms with Crippen LogP contribution >= 0.6 is 0 Å². The third kappa shape index (κ3) is 4.31. The Hall–Kier alpha value is -2.36. The molecule has 4 nitrogen and oxygen atoms in total. The monoisotopic (exact) mass is 313 g/mol. The van der Waals surface area contributed by atoms with Crippen molar-refractivity contribution in [1.82, 2.24) is 0 Å². The van der Waals surface area contributed by atoms with Gasteiger partial charge >= 0.3 is 0 Å². The van der Waals surface area contributed by atoms with Gasteiger partial charge in [0.15, 0.2) is 11.9 Å². The lowest BCUT2D eigenvalue weighted by atomic mass is 9.92. The second kappa shape index (κ2) is 7.27. The molecule has 1 aromatic carbocycles. The van der Waals surface area contributed by atoms with Crippen LogP contribution in [0.5, 0.6) is 5.75 Å². The number of aromatic nitrogens is 1. The maximum Gasteiger partial charge on any atom is 0.290 e. The van der Waals surface area contributed by atoms with Crippen LogP contribution in [-0.4, -0.2) is 11.0 Å². The predicted molar refractivity (Wildman–Crippen MR) is 91.6 cm³/mol. The standard InChI is InChI=1S/C19H24N2O2/c1-13(2)16-8-5-9-17(14(3)4)19(16)20-18(23)12-21-10-6-7-15(22)11-21/h5-11,13-14H,12H2,1-4H3,(H-,20,22,23)/p+1. The molecule has 2 rings (SSSR count). The van der Waals surface area contributed by atoms with E-state index in [0.717, 1.165) is 16.8 Å². The number of carbonyl (C=O) groups is 1. The van der Waals surface area contributed by atoms with Crippen molar-refractivity contribution < 1.29 is 14.5 Å². The number of nitrogens with one attached hydrogen (secondary N) is 1. The molecule has 0 spiro atoms. The molecule has 2 N–H and O–H groups in total. The summed E-state index contributed by atoms with van der Waals surface area (Å²) in [7, 11) is 0. The van der Waals surface area contributed by atoms with Crippen molar-refractivity contribution in [2.45, 2.75) is 46.1 Å².